The Hall–Kier alpha value is -2.65. The van der Waals surface area contributed by atoms with Gasteiger partial charge in [-0.1, -0.05) is 0 Å². The smallest absolute Gasteiger partial charge is 0.341 e. The maximum Gasteiger partial charge on any atom is 0.341 e. The monoisotopic (exact) mass is 405 g/mol. The molecule has 3 N–H and O–H groups in total. The van der Waals surface area contributed by atoms with Gasteiger partial charge < -0.3 is 29.8 Å². The van der Waals surface area contributed by atoms with Crippen molar-refractivity contribution in [3.63, 3.8) is 0 Å². The summed E-state index contributed by atoms with van der Waals surface area (Å²) in [6.45, 7) is 3.16. The highest BCUT2D eigenvalue weighted by atomic mass is 19.1. The number of ether oxygens (including phenoxy) is 2. The number of hydrogen-bond acceptors (Lipinski definition) is 6. The molecule has 1 aromatic carbocycles. The molecule has 9 heteroatoms. The van der Waals surface area contributed by atoms with Crippen molar-refractivity contribution in [3.05, 3.63) is 33.9 Å². The Balaban J connectivity index is 1.95. The molecule has 1 aromatic heterocycles. The number of benzene rings is 1. The van der Waals surface area contributed by atoms with E-state index in [0.717, 1.165) is 18.9 Å². The Morgan fingerprint density at radius 3 is 2.69 bits per heavy atom. The van der Waals surface area contributed by atoms with E-state index in [1.54, 1.807) is 9.47 Å². The molecule has 4 rings (SSSR count). The van der Waals surface area contributed by atoms with Crippen LogP contribution < -0.4 is 20.8 Å². The molecule has 0 unspecified atom stereocenters. The van der Waals surface area contributed by atoms with Gasteiger partial charge in [0.05, 0.1) is 30.2 Å². The second-order valence-corrected chi connectivity index (χ2v) is 7.51. The summed E-state index contributed by atoms with van der Waals surface area (Å²) in [5.41, 5.74) is 5.69. The number of anilines is 1. The van der Waals surface area contributed by atoms with Gasteiger partial charge >= 0.3 is 5.97 Å². The van der Waals surface area contributed by atoms with Gasteiger partial charge in [0, 0.05) is 31.9 Å². The minimum Gasteiger partial charge on any atom is -0.492 e. The first-order valence-corrected chi connectivity index (χ1v) is 9.68. The van der Waals surface area contributed by atoms with E-state index < -0.39 is 17.2 Å². The Bertz CT molecular complexity index is 1030. The van der Waals surface area contributed by atoms with E-state index in [1.807, 2.05) is 6.92 Å². The molecule has 8 nitrogen and oxygen atoms in total. The van der Waals surface area contributed by atoms with E-state index in [4.69, 9.17) is 15.2 Å². The van der Waals surface area contributed by atoms with Crippen LogP contribution in [-0.2, 0) is 4.74 Å². The number of carbonyl (C=O) groups is 1. The van der Waals surface area contributed by atoms with Crippen molar-refractivity contribution in [1.82, 2.24) is 4.57 Å². The Morgan fingerprint density at radius 1 is 1.38 bits per heavy atom. The molecule has 1 aliphatic heterocycles. The van der Waals surface area contributed by atoms with E-state index in [-0.39, 0.29) is 40.6 Å². The quantitative estimate of drug-likeness (QED) is 0.754. The highest BCUT2D eigenvalue weighted by molar-refractivity contribution is 5.97. The third-order valence-electron chi connectivity index (χ3n) is 5.58. The predicted molar refractivity (Wildman–Crippen MR) is 106 cm³/mol. The van der Waals surface area contributed by atoms with Gasteiger partial charge in [-0.2, -0.15) is 0 Å². The molecule has 2 fully saturated rings. The van der Waals surface area contributed by atoms with Crippen molar-refractivity contribution in [2.24, 2.45) is 5.73 Å². The number of fused-ring (bicyclic) bond motifs is 1. The van der Waals surface area contributed by atoms with Crippen LogP contribution in [0.2, 0.25) is 0 Å². The number of hydrogen-bond donors (Lipinski definition) is 2. The molecular weight excluding hydrogens is 381 g/mol. The van der Waals surface area contributed by atoms with E-state index >= 15 is 4.39 Å². The number of aromatic carboxylic acids is 1. The second-order valence-electron chi connectivity index (χ2n) is 7.51. The zero-order valence-electron chi connectivity index (χ0n) is 16.4. The third-order valence-corrected chi connectivity index (χ3v) is 5.58. The molecule has 1 aliphatic carbocycles. The second kappa shape index (κ2) is 7.31. The van der Waals surface area contributed by atoms with E-state index in [1.165, 1.54) is 13.3 Å². The van der Waals surface area contributed by atoms with Crippen molar-refractivity contribution in [2.75, 3.05) is 31.7 Å². The third kappa shape index (κ3) is 3.24. The number of carboxylic acids is 1. The first-order valence-electron chi connectivity index (χ1n) is 9.68. The molecule has 0 radical (unpaired) electrons. The van der Waals surface area contributed by atoms with Gasteiger partial charge in [-0.05, 0) is 25.8 Å². The number of aromatic nitrogens is 1. The average molecular weight is 405 g/mol. The maximum atomic E-state index is 15.2. The SMILES string of the molecule is CCO[C@@H]1CN(c2c(F)cc3c(=O)c(C(=O)O)cn(C4CC4)c3c2OC)C[C@@H]1N. The summed E-state index contributed by atoms with van der Waals surface area (Å²) in [5.74, 6) is -1.77. The molecule has 1 saturated carbocycles. The van der Waals surface area contributed by atoms with Gasteiger partial charge in [0.2, 0.25) is 5.43 Å². The van der Waals surface area contributed by atoms with Crippen LogP contribution in [0.3, 0.4) is 0 Å². The summed E-state index contributed by atoms with van der Waals surface area (Å²) in [6.07, 6.45) is 2.81. The van der Waals surface area contributed by atoms with E-state index in [9.17, 15) is 14.7 Å². The van der Waals surface area contributed by atoms with Crippen molar-refractivity contribution < 1.29 is 23.8 Å². The molecule has 2 aromatic rings. The van der Waals surface area contributed by atoms with Gasteiger partial charge in [0.15, 0.2) is 11.6 Å². The Kier molecular flexibility index (Phi) is 4.95. The fourth-order valence-electron chi connectivity index (χ4n) is 4.10. The van der Waals surface area contributed by atoms with Gasteiger partial charge in [-0.15, -0.1) is 0 Å². The van der Waals surface area contributed by atoms with Crippen LogP contribution in [0.4, 0.5) is 10.1 Å². The predicted octanol–water partition coefficient (Wildman–Crippen LogP) is 1.73. The van der Waals surface area contributed by atoms with Crippen LogP contribution in [0.25, 0.3) is 10.9 Å². The van der Waals surface area contributed by atoms with Crippen molar-refractivity contribution in [1.29, 1.82) is 0 Å². The first kappa shape index (κ1) is 19.7. The number of halogens is 1. The summed E-state index contributed by atoms with van der Waals surface area (Å²) in [5, 5.41) is 9.41. The average Bonchev–Trinajstić information content (AvgIpc) is 3.45. The fraction of sp³-hybridized carbons (Fsp3) is 0.500. The Morgan fingerprint density at radius 2 is 2.10 bits per heavy atom. The first-order chi connectivity index (χ1) is 13.9. The summed E-state index contributed by atoms with van der Waals surface area (Å²) in [4.78, 5) is 26.0. The molecule has 0 amide bonds. The van der Waals surface area contributed by atoms with Gasteiger partial charge in [-0.3, -0.25) is 4.79 Å². The highest BCUT2D eigenvalue weighted by Gasteiger charge is 2.36. The molecule has 0 spiro atoms. The van der Waals surface area contributed by atoms with Crippen LogP contribution in [0.5, 0.6) is 5.75 Å². The zero-order chi connectivity index (χ0) is 20.9. The fourth-order valence-corrected chi connectivity index (χ4v) is 4.10. The summed E-state index contributed by atoms with van der Waals surface area (Å²) < 4.78 is 28.2. The number of methoxy groups -OCH3 is 1. The summed E-state index contributed by atoms with van der Waals surface area (Å²) in [7, 11) is 1.42. The van der Waals surface area contributed by atoms with Gasteiger partial charge in [-0.25, -0.2) is 9.18 Å². The molecule has 2 atom stereocenters. The Labute approximate surface area is 166 Å². The summed E-state index contributed by atoms with van der Waals surface area (Å²) >= 11 is 0. The number of nitrogens with zero attached hydrogens (tertiary/aromatic N) is 2. The zero-order valence-corrected chi connectivity index (χ0v) is 16.4. The number of nitrogens with two attached hydrogens (primary N) is 1. The lowest BCUT2D eigenvalue weighted by Gasteiger charge is -2.24. The minimum atomic E-state index is -1.33. The van der Waals surface area contributed by atoms with Crippen molar-refractivity contribution in [2.45, 2.75) is 38.0 Å². The molecule has 0 bridgehead atoms. The van der Waals surface area contributed by atoms with Crippen LogP contribution in [-0.4, -0.2) is 54.6 Å². The van der Waals surface area contributed by atoms with Gasteiger partial charge in [0.1, 0.15) is 11.3 Å². The highest BCUT2D eigenvalue weighted by Crippen LogP contribution is 2.44. The molecule has 29 heavy (non-hydrogen) atoms. The van der Waals surface area contributed by atoms with Gasteiger partial charge in [0.25, 0.3) is 0 Å². The van der Waals surface area contributed by atoms with Crippen LogP contribution in [0.1, 0.15) is 36.2 Å². The van der Waals surface area contributed by atoms with Crippen molar-refractivity contribution in [3.8, 4) is 5.75 Å². The van der Waals surface area contributed by atoms with Crippen LogP contribution in [0.15, 0.2) is 17.1 Å². The lowest BCUT2D eigenvalue weighted by atomic mass is 10.1. The lowest BCUT2D eigenvalue weighted by molar-refractivity contribution is 0.0679. The number of rotatable bonds is 6. The lowest BCUT2D eigenvalue weighted by Crippen LogP contribution is -2.35. The van der Waals surface area contributed by atoms with E-state index in [0.29, 0.717) is 25.2 Å². The maximum absolute atomic E-state index is 15.2. The topological polar surface area (TPSA) is 107 Å². The molecule has 2 aliphatic rings. The molecule has 1 saturated heterocycles. The largest absolute Gasteiger partial charge is 0.492 e. The molecular formula is C20H24FN3O5. The normalized spacial score (nSPS) is 21.7. The molecule has 156 valence electrons. The number of pyridine rings is 1. The van der Waals surface area contributed by atoms with E-state index in [2.05, 4.69) is 0 Å². The summed E-state index contributed by atoms with van der Waals surface area (Å²) in [6, 6.07) is 0.885. The van der Waals surface area contributed by atoms with Crippen LogP contribution >= 0.6 is 0 Å². The minimum absolute atomic E-state index is 0.000228. The standard InChI is InChI=1S/C20H24FN3O5/c1-3-29-15-9-23(8-14(15)22)17-13(21)6-11-16(19(17)28-2)24(10-4-5-10)7-12(18(11)25)20(26)27/h6-7,10,14-15H,3-5,8-9,22H2,1-2H3,(H,26,27)/t14-,15+/m0/s1. The molecule has 2 heterocycles. The van der Waals surface area contributed by atoms with Crippen molar-refractivity contribution >= 4 is 22.6 Å². The van der Waals surface area contributed by atoms with Crippen LogP contribution in [0, 0.1) is 5.82 Å². The number of carboxylic acid groups (broad SMARTS) is 1.